The molecule has 112 valence electrons. The number of aromatic nitrogens is 4. The number of fused-ring (bicyclic) bond motifs is 2. The van der Waals surface area contributed by atoms with Crippen molar-refractivity contribution in [1.29, 1.82) is 0 Å². The van der Waals surface area contributed by atoms with Gasteiger partial charge in [-0.05, 0) is 6.42 Å². The van der Waals surface area contributed by atoms with Gasteiger partial charge in [-0.3, -0.25) is 4.57 Å². The summed E-state index contributed by atoms with van der Waals surface area (Å²) in [5, 5.41) is 20.1. The molecule has 2 aromatic heterocycles. The zero-order valence-corrected chi connectivity index (χ0v) is 11.1. The van der Waals surface area contributed by atoms with Gasteiger partial charge in [0.05, 0.1) is 6.33 Å². The second-order valence-corrected chi connectivity index (χ2v) is 5.46. The SMILES string of the molecule is CC[C@]12O[C@@H](n3cnc4c(N)ncnc43)[C@H](F)[C@]1(O)C2O. The van der Waals surface area contributed by atoms with E-state index in [2.05, 4.69) is 15.0 Å². The molecule has 0 amide bonds. The van der Waals surface area contributed by atoms with Crippen LogP contribution >= 0.6 is 0 Å². The Morgan fingerprint density at radius 2 is 2.24 bits per heavy atom. The second kappa shape index (κ2) is 3.67. The van der Waals surface area contributed by atoms with Crippen molar-refractivity contribution in [3.05, 3.63) is 12.7 Å². The van der Waals surface area contributed by atoms with E-state index in [9.17, 15) is 14.6 Å². The lowest BCUT2D eigenvalue weighted by molar-refractivity contribution is -0.0906. The smallest absolute Gasteiger partial charge is 0.179 e. The van der Waals surface area contributed by atoms with Gasteiger partial charge in [0, 0.05) is 0 Å². The van der Waals surface area contributed by atoms with Gasteiger partial charge in [-0.2, -0.15) is 0 Å². The number of ether oxygens (including phenoxy) is 1. The zero-order valence-electron chi connectivity index (χ0n) is 11.1. The average Bonchev–Trinajstić information content (AvgIpc) is 2.82. The van der Waals surface area contributed by atoms with Gasteiger partial charge in [0.2, 0.25) is 0 Å². The van der Waals surface area contributed by atoms with Gasteiger partial charge in [-0.25, -0.2) is 19.3 Å². The molecule has 1 saturated carbocycles. The first-order valence-electron chi connectivity index (χ1n) is 6.62. The fourth-order valence-corrected chi connectivity index (χ4v) is 3.34. The van der Waals surface area contributed by atoms with E-state index < -0.39 is 29.7 Å². The maximum Gasteiger partial charge on any atom is 0.179 e. The molecule has 5 atom stereocenters. The third kappa shape index (κ3) is 1.23. The van der Waals surface area contributed by atoms with E-state index in [-0.39, 0.29) is 5.82 Å². The number of aliphatic hydroxyl groups excluding tert-OH is 1. The maximum atomic E-state index is 14.6. The monoisotopic (exact) mass is 295 g/mol. The molecule has 0 radical (unpaired) electrons. The molecule has 2 aromatic rings. The minimum absolute atomic E-state index is 0.182. The summed E-state index contributed by atoms with van der Waals surface area (Å²) in [6.07, 6.45) is -1.24. The highest BCUT2D eigenvalue weighted by molar-refractivity contribution is 5.81. The third-order valence-electron chi connectivity index (χ3n) is 4.64. The van der Waals surface area contributed by atoms with Crippen LogP contribution in [0.2, 0.25) is 0 Å². The summed E-state index contributed by atoms with van der Waals surface area (Å²) in [5.41, 5.74) is 3.19. The van der Waals surface area contributed by atoms with E-state index in [1.54, 1.807) is 6.92 Å². The first-order chi connectivity index (χ1) is 9.97. The number of nitrogens with two attached hydrogens (primary N) is 1. The van der Waals surface area contributed by atoms with Crippen molar-refractivity contribution < 1.29 is 19.3 Å². The summed E-state index contributed by atoms with van der Waals surface area (Å²) in [5.74, 6) is 0.182. The molecule has 9 heteroatoms. The Morgan fingerprint density at radius 3 is 2.90 bits per heavy atom. The molecular weight excluding hydrogens is 281 g/mol. The molecule has 0 bridgehead atoms. The van der Waals surface area contributed by atoms with Crippen molar-refractivity contribution in [2.24, 2.45) is 0 Å². The molecule has 21 heavy (non-hydrogen) atoms. The molecule has 1 unspecified atom stereocenters. The fraction of sp³-hybridized carbons (Fsp3) is 0.583. The number of nitrogen functional groups attached to an aromatic ring is 1. The minimum Gasteiger partial charge on any atom is -0.387 e. The number of alkyl halides is 1. The van der Waals surface area contributed by atoms with Crippen LogP contribution in [0.15, 0.2) is 12.7 Å². The Balaban J connectivity index is 1.80. The Kier molecular flexibility index (Phi) is 2.25. The summed E-state index contributed by atoms with van der Waals surface area (Å²) in [4.78, 5) is 11.9. The molecule has 1 aliphatic carbocycles. The van der Waals surface area contributed by atoms with E-state index in [0.717, 1.165) is 0 Å². The van der Waals surface area contributed by atoms with Gasteiger partial charge in [-0.1, -0.05) is 6.92 Å². The van der Waals surface area contributed by atoms with Crippen molar-refractivity contribution >= 4 is 17.0 Å². The number of anilines is 1. The summed E-state index contributed by atoms with van der Waals surface area (Å²) in [6.45, 7) is 1.72. The average molecular weight is 295 g/mol. The Morgan fingerprint density at radius 1 is 1.48 bits per heavy atom. The Hall–Kier alpha value is -1.84. The molecule has 4 N–H and O–H groups in total. The van der Waals surface area contributed by atoms with E-state index in [0.29, 0.717) is 17.6 Å². The van der Waals surface area contributed by atoms with Crippen LogP contribution in [0, 0.1) is 0 Å². The van der Waals surface area contributed by atoms with Crippen molar-refractivity contribution in [2.75, 3.05) is 5.73 Å². The molecule has 8 nitrogen and oxygen atoms in total. The number of hydrogen-bond donors (Lipinski definition) is 3. The molecule has 1 saturated heterocycles. The quantitative estimate of drug-likeness (QED) is 0.685. The molecular formula is C12H14FN5O3. The van der Waals surface area contributed by atoms with Crippen LogP contribution in [0.3, 0.4) is 0 Å². The van der Waals surface area contributed by atoms with Crippen molar-refractivity contribution in [1.82, 2.24) is 19.5 Å². The van der Waals surface area contributed by atoms with Gasteiger partial charge in [0.1, 0.15) is 23.5 Å². The minimum atomic E-state index is -1.89. The van der Waals surface area contributed by atoms with Crippen LogP contribution in [0.25, 0.3) is 11.2 Å². The maximum absolute atomic E-state index is 14.6. The molecule has 1 aliphatic heterocycles. The number of aliphatic hydroxyl groups is 2. The summed E-state index contributed by atoms with van der Waals surface area (Å²) in [6, 6.07) is 0. The van der Waals surface area contributed by atoms with Gasteiger partial charge in [-0.15, -0.1) is 0 Å². The zero-order chi connectivity index (χ0) is 15.0. The van der Waals surface area contributed by atoms with Gasteiger partial charge in [0.15, 0.2) is 29.5 Å². The standard InChI is InChI=1S/C12H14FN5O3/c1-2-11-10(19)12(11,20)6(13)9(21-11)18-4-17-5-7(14)15-3-16-8(5)18/h3-4,6,9-10,19-20H,2H2,1H3,(H2,14,15,16)/t6-,9+,10?,11+,12-/m0/s1. The first kappa shape index (κ1) is 12.9. The van der Waals surface area contributed by atoms with E-state index in [1.165, 1.54) is 17.2 Å². The van der Waals surface area contributed by atoms with Crippen LogP contribution < -0.4 is 5.73 Å². The van der Waals surface area contributed by atoms with Gasteiger partial charge < -0.3 is 20.7 Å². The van der Waals surface area contributed by atoms with Crippen LogP contribution in [0.1, 0.15) is 19.6 Å². The van der Waals surface area contributed by atoms with Gasteiger partial charge in [0.25, 0.3) is 0 Å². The Bertz CT molecular complexity index is 735. The van der Waals surface area contributed by atoms with Crippen LogP contribution in [0.5, 0.6) is 0 Å². The van der Waals surface area contributed by atoms with Crippen LogP contribution in [0.4, 0.5) is 10.2 Å². The van der Waals surface area contributed by atoms with Gasteiger partial charge >= 0.3 is 0 Å². The first-order valence-corrected chi connectivity index (χ1v) is 6.62. The van der Waals surface area contributed by atoms with Crippen LogP contribution in [-0.2, 0) is 4.74 Å². The summed E-state index contributed by atoms with van der Waals surface area (Å²) >= 11 is 0. The largest absolute Gasteiger partial charge is 0.387 e. The summed E-state index contributed by atoms with van der Waals surface area (Å²) in [7, 11) is 0. The topological polar surface area (TPSA) is 119 Å². The van der Waals surface area contributed by atoms with E-state index in [1.807, 2.05) is 0 Å². The lowest BCUT2D eigenvalue weighted by Crippen LogP contribution is -2.33. The second-order valence-electron chi connectivity index (χ2n) is 5.46. The number of rotatable bonds is 2. The molecule has 2 fully saturated rings. The normalized spacial score (nSPS) is 41.4. The fourth-order valence-electron chi connectivity index (χ4n) is 3.34. The molecule has 4 rings (SSSR count). The van der Waals surface area contributed by atoms with Crippen molar-refractivity contribution in [2.45, 2.75) is 43.1 Å². The number of halogens is 1. The van der Waals surface area contributed by atoms with E-state index in [4.69, 9.17) is 10.5 Å². The highest BCUT2D eigenvalue weighted by atomic mass is 19.1. The third-order valence-corrected chi connectivity index (χ3v) is 4.64. The lowest BCUT2D eigenvalue weighted by atomic mass is 10.1. The highest BCUT2D eigenvalue weighted by Crippen LogP contribution is 2.65. The lowest BCUT2D eigenvalue weighted by Gasteiger charge is -2.21. The molecule has 2 aliphatic rings. The van der Waals surface area contributed by atoms with Crippen LogP contribution in [-0.4, -0.2) is 53.2 Å². The van der Waals surface area contributed by atoms with E-state index >= 15 is 0 Å². The summed E-state index contributed by atoms with van der Waals surface area (Å²) < 4.78 is 21.6. The molecule has 0 aromatic carbocycles. The number of hydrogen-bond acceptors (Lipinski definition) is 7. The number of nitrogens with zero attached hydrogens (tertiary/aromatic N) is 4. The predicted octanol–water partition coefficient (Wildman–Crippen LogP) is -0.470. The predicted molar refractivity (Wildman–Crippen MR) is 68.7 cm³/mol. The molecule has 0 spiro atoms. The number of imidazole rings is 1. The molecule has 3 heterocycles. The highest BCUT2D eigenvalue weighted by Gasteiger charge is 2.87. The van der Waals surface area contributed by atoms with Crippen molar-refractivity contribution in [3.8, 4) is 0 Å². The van der Waals surface area contributed by atoms with Crippen molar-refractivity contribution in [3.63, 3.8) is 0 Å². The Labute approximate surface area is 118 Å².